The van der Waals surface area contributed by atoms with E-state index in [-0.39, 0.29) is 0 Å². The maximum atomic E-state index is 4.28. The normalized spacial score (nSPS) is 20.7. The van der Waals surface area contributed by atoms with Gasteiger partial charge in [0.25, 0.3) is 0 Å². The zero-order valence-electron chi connectivity index (χ0n) is 9.20. The maximum Gasteiger partial charge on any atom is 0.0417 e. The molecule has 1 saturated heterocycles. The van der Waals surface area contributed by atoms with Crippen LogP contribution in [0.1, 0.15) is 24.1 Å². The Labute approximate surface area is 95.9 Å². The summed E-state index contributed by atoms with van der Waals surface area (Å²) in [5, 5.41) is 4.36. The van der Waals surface area contributed by atoms with Crippen molar-refractivity contribution in [1.29, 1.82) is 0 Å². The van der Waals surface area contributed by atoms with Crippen LogP contribution in [0.25, 0.3) is 0 Å². The third-order valence-electron chi connectivity index (χ3n) is 2.83. The lowest BCUT2D eigenvalue weighted by Gasteiger charge is -2.10. The molecule has 15 heavy (non-hydrogen) atoms. The van der Waals surface area contributed by atoms with Gasteiger partial charge in [0.15, 0.2) is 0 Å². The molecule has 1 fully saturated rings. The number of hydrogen-bond donors (Lipinski definition) is 1. The van der Waals surface area contributed by atoms with Crippen molar-refractivity contribution in [3.05, 3.63) is 29.6 Å². The van der Waals surface area contributed by atoms with Crippen molar-refractivity contribution < 1.29 is 0 Å². The van der Waals surface area contributed by atoms with Gasteiger partial charge in [0.2, 0.25) is 0 Å². The van der Waals surface area contributed by atoms with Crippen LogP contribution in [0.5, 0.6) is 0 Å². The lowest BCUT2D eigenvalue weighted by Crippen LogP contribution is -2.23. The highest BCUT2D eigenvalue weighted by Crippen LogP contribution is 2.25. The molecule has 1 aliphatic heterocycles. The topological polar surface area (TPSA) is 24.9 Å². The van der Waals surface area contributed by atoms with Gasteiger partial charge in [-0.2, -0.15) is 11.8 Å². The van der Waals surface area contributed by atoms with Crippen LogP contribution in [0.3, 0.4) is 0 Å². The Balaban J connectivity index is 1.75. The highest BCUT2D eigenvalue weighted by atomic mass is 32.2. The standard InChI is InChI=1S/C12H18N2S/c1-10-11(4-2-6-14-10)8-13-9-12-5-3-7-15-12/h2,4,6,12-13H,3,5,7-9H2,1H3. The van der Waals surface area contributed by atoms with Crippen molar-refractivity contribution in [2.45, 2.75) is 31.6 Å². The summed E-state index contributed by atoms with van der Waals surface area (Å²) in [7, 11) is 0. The molecule has 1 atom stereocenters. The molecule has 82 valence electrons. The third kappa shape index (κ3) is 3.21. The largest absolute Gasteiger partial charge is 0.312 e. The predicted octanol–water partition coefficient (Wildman–Crippen LogP) is 2.38. The van der Waals surface area contributed by atoms with Gasteiger partial charge in [0, 0.05) is 30.2 Å². The number of hydrogen-bond acceptors (Lipinski definition) is 3. The molecule has 0 amide bonds. The molecule has 1 N–H and O–H groups in total. The molecular weight excluding hydrogens is 204 g/mol. The Morgan fingerprint density at radius 3 is 3.27 bits per heavy atom. The van der Waals surface area contributed by atoms with Crippen LogP contribution in [0.15, 0.2) is 18.3 Å². The minimum Gasteiger partial charge on any atom is -0.312 e. The van der Waals surface area contributed by atoms with Gasteiger partial charge < -0.3 is 5.32 Å². The molecule has 2 heterocycles. The van der Waals surface area contributed by atoms with E-state index in [0.717, 1.165) is 24.0 Å². The second-order valence-electron chi connectivity index (χ2n) is 4.01. The summed E-state index contributed by atoms with van der Waals surface area (Å²) in [5.74, 6) is 1.35. The molecule has 2 rings (SSSR count). The highest BCUT2D eigenvalue weighted by Gasteiger charge is 2.14. The molecule has 0 aromatic carbocycles. The van der Waals surface area contributed by atoms with E-state index in [2.05, 4.69) is 35.1 Å². The van der Waals surface area contributed by atoms with Crippen LogP contribution in [-0.2, 0) is 6.54 Å². The molecule has 1 aliphatic rings. The quantitative estimate of drug-likeness (QED) is 0.846. The van der Waals surface area contributed by atoms with E-state index in [0.29, 0.717) is 0 Å². The fourth-order valence-corrected chi connectivity index (χ4v) is 3.11. The Hall–Kier alpha value is -0.540. The predicted molar refractivity (Wildman–Crippen MR) is 66.2 cm³/mol. The number of pyridine rings is 1. The average Bonchev–Trinajstić information content (AvgIpc) is 2.74. The summed E-state index contributed by atoms with van der Waals surface area (Å²) in [6.07, 6.45) is 4.62. The molecular formula is C12H18N2S. The minimum atomic E-state index is 0.835. The number of nitrogens with zero attached hydrogens (tertiary/aromatic N) is 1. The van der Waals surface area contributed by atoms with Crippen LogP contribution in [0, 0.1) is 6.92 Å². The zero-order chi connectivity index (χ0) is 10.5. The van der Waals surface area contributed by atoms with Gasteiger partial charge in [0.1, 0.15) is 0 Å². The maximum absolute atomic E-state index is 4.28. The SMILES string of the molecule is Cc1ncccc1CNCC1CCCS1. The fraction of sp³-hybridized carbons (Fsp3) is 0.583. The molecule has 2 nitrogen and oxygen atoms in total. The van der Waals surface area contributed by atoms with Crippen LogP contribution < -0.4 is 5.32 Å². The lowest BCUT2D eigenvalue weighted by molar-refractivity contribution is 0.643. The van der Waals surface area contributed by atoms with E-state index >= 15 is 0 Å². The molecule has 1 unspecified atom stereocenters. The van der Waals surface area contributed by atoms with E-state index in [1.807, 2.05) is 12.3 Å². The summed E-state index contributed by atoms with van der Waals surface area (Å²) in [5.41, 5.74) is 2.46. The second-order valence-corrected chi connectivity index (χ2v) is 5.42. The highest BCUT2D eigenvalue weighted by molar-refractivity contribution is 8.00. The van der Waals surface area contributed by atoms with Gasteiger partial charge in [-0.15, -0.1) is 0 Å². The first-order chi connectivity index (χ1) is 7.36. The van der Waals surface area contributed by atoms with E-state index in [1.54, 1.807) is 0 Å². The monoisotopic (exact) mass is 222 g/mol. The van der Waals surface area contributed by atoms with Gasteiger partial charge in [-0.3, -0.25) is 4.98 Å². The van der Waals surface area contributed by atoms with Crippen LogP contribution in [-0.4, -0.2) is 22.5 Å². The van der Waals surface area contributed by atoms with Crippen molar-refractivity contribution in [3.63, 3.8) is 0 Å². The summed E-state index contributed by atoms with van der Waals surface area (Å²) in [6.45, 7) is 4.16. The van der Waals surface area contributed by atoms with E-state index in [4.69, 9.17) is 0 Å². The molecule has 0 spiro atoms. The van der Waals surface area contributed by atoms with Gasteiger partial charge in [-0.05, 0) is 37.1 Å². The minimum absolute atomic E-state index is 0.835. The summed E-state index contributed by atoms with van der Waals surface area (Å²) >= 11 is 2.10. The number of aryl methyl sites for hydroxylation is 1. The summed E-state index contributed by atoms with van der Waals surface area (Å²) in [6, 6.07) is 4.16. The third-order valence-corrected chi connectivity index (χ3v) is 4.23. The molecule has 0 radical (unpaired) electrons. The lowest BCUT2D eigenvalue weighted by atomic mass is 10.2. The Kier molecular flexibility index (Phi) is 4.03. The first kappa shape index (κ1) is 11.0. The summed E-state index contributed by atoms with van der Waals surface area (Å²) < 4.78 is 0. The number of rotatable bonds is 4. The number of aromatic nitrogens is 1. The van der Waals surface area contributed by atoms with E-state index in [1.165, 1.54) is 24.2 Å². The van der Waals surface area contributed by atoms with Gasteiger partial charge in [-0.25, -0.2) is 0 Å². The van der Waals surface area contributed by atoms with Crippen molar-refractivity contribution in [2.24, 2.45) is 0 Å². The van der Waals surface area contributed by atoms with E-state index < -0.39 is 0 Å². The molecule has 1 aromatic heterocycles. The van der Waals surface area contributed by atoms with Crippen molar-refractivity contribution >= 4 is 11.8 Å². The zero-order valence-corrected chi connectivity index (χ0v) is 10.0. The molecule has 0 bridgehead atoms. The van der Waals surface area contributed by atoms with Crippen molar-refractivity contribution in [2.75, 3.05) is 12.3 Å². The Morgan fingerprint density at radius 2 is 2.53 bits per heavy atom. The van der Waals surface area contributed by atoms with Crippen LogP contribution in [0.2, 0.25) is 0 Å². The van der Waals surface area contributed by atoms with Crippen molar-refractivity contribution in [3.8, 4) is 0 Å². The Morgan fingerprint density at radius 1 is 1.60 bits per heavy atom. The second kappa shape index (κ2) is 5.52. The Bertz CT molecular complexity index is 308. The molecule has 0 aliphatic carbocycles. The smallest absolute Gasteiger partial charge is 0.0417 e. The fourth-order valence-electron chi connectivity index (χ4n) is 1.88. The van der Waals surface area contributed by atoms with Crippen molar-refractivity contribution in [1.82, 2.24) is 10.3 Å². The van der Waals surface area contributed by atoms with Crippen LogP contribution >= 0.6 is 11.8 Å². The van der Waals surface area contributed by atoms with Gasteiger partial charge in [-0.1, -0.05) is 6.07 Å². The average molecular weight is 222 g/mol. The molecule has 1 aromatic rings. The molecule has 0 saturated carbocycles. The number of nitrogens with one attached hydrogen (secondary N) is 1. The number of thioether (sulfide) groups is 1. The van der Waals surface area contributed by atoms with Gasteiger partial charge >= 0.3 is 0 Å². The first-order valence-electron chi connectivity index (χ1n) is 5.59. The first-order valence-corrected chi connectivity index (χ1v) is 6.64. The van der Waals surface area contributed by atoms with Gasteiger partial charge in [0.05, 0.1) is 0 Å². The molecule has 3 heteroatoms. The van der Waals surface area contributed by atoms with E-state index in [9.17, 15) is 0 Å². The van der Waals surface area contributed by atoms with Crippen LogP contribution in [0.4, 0.5) is 0 Å². The summed E-state index contributed by atoms with van der Waals surface area (Å²) in [4.78, 5) is 4.28.